The number of nitrogens with one attached hydrogen (secondary N) is 2. The summed E-state index contributed by atoms with van der Waals surface area (Å²) in [7, 11) is 0.998. The van der Waals surface area contributed by atoms with Gasteiger partial charge < -0.3 is 10.3 Å². The minimum atomic E-state index is -4.72. The third-order valence-electron chi connectivity index (χ3n) is 3.68. The summed E-state index contributed by atoms with van der Waals surface area (Å²) in [5, 5.41) is 6.67. The van der Waals surface area contributed by atoms with E-state index in [2.05, 4.69) is 15.4 Å². The summed E-state index contributed by atoms with van der Waals surface area (Å²) < 4.78 is 39.2. The maximum absolute atomic E-state index is 12.7. The van der Waals surface area contributed by atoms with E-state index in [0.717, 1.165) is 18.0 Å². The highest BCUT2D eigenvalue weighted by Gasteiger charge is 2.37. The highest BCUT2D eigenvalue weighted by molar-refractivity contribution is 5.97. The van der Waals surface area contributed by atoms with Crippen molar-refractivity contribution in [3.63, 3.8) is 0 Å². The molecule has 10 heteroatoms. The van der Waals surface area contributed by atoms with Crippen molar-refractivity contribution in [2.75, 3.05) is 6.54 Å². The van der Waals surface area contributed by atoms with Gasteiger partial charge in [-0.1, -0.05) is 18.2 Å². The molecule has 1 aromatic carbocycles. The summed E-state index contributed by atoms with van der Waals surface area (Å²) >= 11 is 0. The van der Waals surface area contributed by atoms with Gasteiger partial charge >= 0.3 is 11.9 Å². The maximum Gasteiger partial charge on any atom is 0.451 e. The third-order valence-corrected chi connectivity index (χ3v) is 3.68. The van der Waals surface area contributed by atoms with Gasteiger partial charge in [0.05, 0.1) is 6.54 Å². The standard InChI is InChI=1S/C15H14F3N5O2/c1-22-13(15(16,17)18)21-23(14(22)25)7-6-19-12(24)11-8-9-4-2-3-5-10(9)20-11/h2-5,8,20H,6-7H2,1H3,(H,19,24). The lowest BCUT2D eigenvalue weighted by Crippen LogP contribution is -2.32. The first kappa shape index (κ1) is 16.8. The first-order valence-electron chi connectivity index (χ1n) is 7.34. The van der Waals surface area contributed by atoms with E-state index in [1.165, 1.54) is 0 Å². The van der Waals surface area contributed by atoms with E-state index in [9.17, 15) is 22.8 Å². The molecule has 0 spiro atoms. The molecule has 0 aliphatic heterocycles. The zero-order valence-electron chi connectivity index (χ0n) is 13.1. The number of alkyl halides is 3. The fraction of sp³-hybridized carbons (Fsp3) is 0.267. The van der Waals surface area contributed by atoms with Crippen LogP contribution in [0.2, 0.25) is 0 Å². The summed E-state index contributed by atoms with van der Waals surface area (Å²) in [4.78, 5) is 26.8. The number of amides is 1. The monoisotopic (exact) mass is 353 g/mol. The molecule has 7 nitrogen and oxygen atoms in total. The average Bonchev–Trinajstić information content (AvgIpc) is 3.10. The fourth-order valence-electron chi connectivity index (χ4n) is 2.45. The van der Waals surface area contributed by atoms with Crippen LogP contribution >= 0.6 is 0 Å². The molecule has 0 saturated heterocycles. The van der Waals surface area contributed by atoms with Crippen molar-refractivity contribution in [3.05, 3.63) is 52.3 Å². The van der Waals surface area contributed by atoms with Gasteiger partial charge in [-0.05, 0) is 12.1 Å². The first-order chi connectivity index (χ1) is 11.8. The molecular weight excluding hydrogens is 339 g/mol. The van der Waals surface area contributed by atoms with E-state index in [1.807, 2.05) is 24.3 Å². The number of halogens is 3. The Kier molecular flexibility index (Phi) is 4.11. The van der Waals surface area contributed by atoms with Crippen LogP contribution in [0.5, 0.6) is 0 Å². The second-order valence-corrected chi connectivity index (χ2v) is 5.41. The van der Waals surface area contributed by atoms with Crippen LogP contribution in [-0.2, 0) is 19.8 Å². The normalized spacial score (nSPS) is 11.8. The number of rotatable bonds is 4. The van der Waals surface area contributed by atoms with Crippen molar-refractivity contribution < 1.29 is 18.0 Å². The van der Waals surface area contributed by atoms with Crippen molar-refractivity contribution in [1.82, 2.24) is 24.6 Å². The number of H-pyrrole nitrogens is 1. The van der Waals surface area contributed by atoms with Gasteiger partial charge in [-0.2, -0.15) is 13.2 Å². The number of hydrogen-bond donors (Lipinski definition) is 2. The highest BCUT2D eigenvalue weighted by Crippen LogP contribution is 2.25. The Morgan fingerprint density at radius 2 is 2.04 bits per heavy atom. The van der Waals surface area contributed by atoms with Crippen LogP contribution < -0.4 is 11.0 Å². The largest absolute Gasteiger partial charge is 0.451 e. The molecule has 2 N–H and O–H groups in total. The van der Waals surface area contributed by atoms with Gasteiger partial charge in [-0.15, -0.1) is 5.10 Å². The Balaban J connectivity index is 1.67. The number of aromatic amines is 1. The minimum absolute atomic E-state index is 0.0393. The number of benzene rings is 1. The molecule has 2 aromatic heterocycles. The molecule has 0 aliphatic rings. The van der Waals surface area contributed by atoms with Crippen molar-refractivity contribution in [2.24, 2.45) is 7.05 Å². The van der Waals surface area contributed by atoms with Crippen LogP contribution in [0, 0.1) is 0 Å². The summed E-state index contributed by atoms with van der Waals surface area (Å²) in [6, 6.07) is 8.99. The van der Waals surface area contributed by atoms with Gasteiger partial charge in [-0.25, -0.2) is 9.48 Å². The first-order valence-corrected chi connectivity index (χ1v) is 7.34. The second-order valence-electron chi connectivity index (χ2n) is 5.41. The van der Waals surface area contributed by atoms with Gasteiger partial charge in [-0.3, -0.25) is 9.36 Å². The molecule has 132 valence electrons. The molecule has 0 atom stereocenters. The van der Waals surface area contributed by atoms with E-state index in [-0.39, 0.29) is 13.1 Å². The summed E-state index contributed by atoms with van der Waals surface area (Å²) in [6.07, 6.45) is -4.72. The Hall–Kier alpha value is -3.04. The zero-order chi connectivity index (χ0) is 18.2. The van der Waals surface area contributed by atoms with Gasteiger partial charge in [0, 0.05) is 24.5 Å². The molecule has 3 rings (SSSR count). The second kappa shape index (κ2) is 6.11. The van der Waals surface area contributed by atoms with Crippen molar-refractivity contribution in [2.45, 2.75) is 12.7 Å². The van der Waals surface area contributed by atoms with E-state index in [4.69, 9.17) is 0 Å². The van der Waals surface area contributed by atoms with Gasteiger partial charge in [0.15, 0.2) is 0 Å². The van der Waals surface area contributed by atoms with Crippen molar-refractivity contribution in [3.8, 4) is 0 Å². The van der Waals surface area contributed by atoms with Crippen LogP contribution in [0.4, 0.5) is 13.2 Å². The number of nitrogens with zero attached hydrogens (tertiary/aromatic N) is 3. The number of hydrogen-bond acceptors (Lipinski definition) is 3. The van der Waals surface area contributed by atoms with E-state index in [0.29, 0.717) is 14.9 Å². The Bertz CT molecular complexity index is 950. The number of fused-ring (bicyclic) bond motifs is 1. The van der Waals surface area contributed by atoms with Crippen molar-refractivity contribution in [1.29, 1.82) is 0 Å². The van der Waals surface area contributed by atoms with Gasteiger partial charge in [0.25, 0.3) is 5.91 Å². The summed E-state index contributed by atoms with van der Waals surface area (Å²) in [5.41, 5.74) is 0.223. The molecule has 1 amide bonds. The molecule has 0 bridgehead atoms. The predicted octanol–water partition coefficient (Wildman–Crippen LogP) is 1.51. The van der Waals surface area contributed by atoms with E-state index in [1.54, 1.807) is 6.07 Å². The van der Waals surface area contributed by atoms with E-state index >= 15 is 0 Å². The van der Waals surface area contributed by atoms with Gasteiger partial charge in [0.1, 0.15) is 5.69 Å². The third kappa shape index (κ3) is 3.28. The van der Waals surface area contributed by atoms with Crippen molar-refractivity contribution >= 4 is 16.8 Å². The number of para-hydroxylation sites is 1. The highest BCUT2D eigenvalue weighted by atomic mass is 19.4. The average molecular weight is 353 g/mol. The van der Waals surface area contributed by atoms with Crippen LogP contribution in [0.3, 0.4) is 0 Å². The fourth-order valence-corrected chi connectivity index (χ4v) is 2.45. The quantitative estimate of drug-likeness (QED) is 0.746. The number of carbonyl (C=O) groups excluding carboxylic acids is 1. The predicted molar refractivity (Wildman–Crippen MR) is 83.1 cm³/mol. The van der Waals surface area contributed by atoms with Crippen LogP contribution in [-0.4, -0.2) is 31.8 Å². The van der Waals surface area contributed by atoms with Crippen LogP contribution in [0.1, 0.15) is 16.3 Å². The molecule has 0 unspecified atom stereocenters. The molecule has 0 radical (unpaired) electrons. The van der Waals surface area contributed by atoms with E-state index < -0.39 is 23.6 Å². The smallest absolute Gasteiger partial charge is 0.351 e. The number of aromatic nitrogens is 4. The minimum Gasteiger partial charge on any atom is -0.351 e. The lowest BCUT2D eigenvalue weighted by molar-refractivity contribution is -0.147. The van der Waals surface area contributed by atoms with Gasteiger partial charge in [0.2, 0.25) is 5.82 Å². The zero-order valence-corrected chi connectivity index (χ0v) is 13.1. The Morgan fingerprint density at radius 3 is 2.68 bits per heavy atom. The lowest BCUT2D eigenvalue weighted by Gasteiger charge is -2.03. The molecule has 0 aliphatic carbocycles. The maximum atomic E-state index is 12.7. The SMILES string of the molecule is Cn1c(C(F)(F)F)nn(CCNC(=O)c2cc3ccccc3[nH]2)c1=O. The summed E-state index contributed by atoms with van der Waals surface area (Å²) in [5.74, 6) is -1.70. The molecule has 2 heterocycles. The topological polar surface area (TPSA) is 84.7 Å². The molecule has 3 aromatic rings. The molecular formula is C15H14F3N5O2. The molecule has 25 heavy (non-hydrogen) atoms. The Morgan fingerprint density at radius 1 is 1.32 bits per heavy atom. The molecule has 0 saturated carbocycles. The molecule has 0 fully saturated rings. The number of carbonyl (C=O) groups is 1. The van der Waals surface area contributed by atoms with Crippen LogP contribution in [0.25, 0.3) is 10.9 Å². The lowest BCUT2D eigenvalue weighted by atomic mass is 10.2. The summed E-state index contributed by atoms with van der Waals surface area (Å²) in [6.45, 7) is -0.211. The Labute approximate surface area is 139 Å². The van der Waals surface area contributed by atoms with Crippen LogP contribution in [0.15, 0.2) is 35.1 Å².